The van der Waals surface area contributed by atoms with Gasteiger partial charge >= 0.3 is 12.1 Å². The zero-order chi connectivity index (χ0) is 16.2. The maximum absolute atomic E-state index is 11.8. The first-order valence-corrected chi connectivity index (χ1v) is 8.15. The Hall–Kier alpha value is -2.41. The van der Waals surface area contributed by atoms with Crippen LogP contribution in [0.25, 0.3) is 0 Å². The minimum absolute atomic E-state index is 0.176. The monoisotopic (exact) mass is 332 g/mol. The largest absolute Gasteiger partial charge is 0.481 e. The molecule has 1 aliphatic rings. The molecule has 1 heterocycles. The van der Waals surface area contributed by atoms with Crippen LogP contribution < -0.4 is 5.32 Å². The van der Waals surface area contributed by atoms with E-state index < -0.39 is 18.0 Å². The molecule has 1 aromatic heterocycles. The zero-order valence-corrected chi connectivity index (χ0v) is 13.1. The molecule has 6 nitrogen and oxygen atoms in total. The van der Waals surface area contributed by atoms with Crippen LogP contribution in [0.2, 0.25) is 0 Å². The molecular weight excluding hydrogens is 316 g/mol. The maximum Gasteiger partial charge on any atom is 0.413 e. The first-order valence-electron chi connectivity index (χ1n) is 7.33. The Balaban J connectivity index is 1.62. The maximum atomic E-state index is 11.8. The number of nitrogens with one attached hydrogen (secondary N) is 1. The van der Waals surface area contributed by atoms with Gasteiger partial charge in [0.15, 0.2) is 5.13 Å². The van der Waals surface area contributed by atoms with Gasteiger partial charge in [0.05, 0.1) is 5.69 Å². The lowest BCUT2D eigenvalue weighted by molar-refractivity contribution is -0.139. The van der Waals surface area contributed by atoms with Gasteiger partial charge in [-0.05, 0) is 24.8 Å². The number of carbonyl (C=O) groups excluding carboxylic acids is 1. The molecule has 2 N–H and O–H groups in total. The summed E-state index contributed by atoms with van der Waals surface area (Å²) in [7, 11) is 0. The second-order valence-electron chi connectivity index (χ2n) is 5.30. The summed E-state index contributed by atoms with van der Waals surface area (Å²) in [6, 6.07) is 9.37. The number of benzene rings is 1. The van der Waals surface area contributed by atoms with Crippen molar-refractivity contribution in [3.8, 4) is 0 Å². The number of hydrogen-bond acceptors (Lipinski definition) is 5. The molecule has 0 bridgehead atoms. The van der Waals surface area contributed by atoms with Crippen molar-refractivity contribution in [1.82, 2.24) is 4.98 Å². The summed E-state index contributed by atoms with van der Waals surface area (Å²) in [5, 5.41) is 12.2. The number of carboxylic acids is 1. The van der Waals surface area contributed by atoms with Gasteiger partial charge in [-0.15, -0.1) is 11.3 Å². The lowest BCUT2D eigenvalue weighted by atomic mass is 9.91. The van der Waals surface area contributed by atoms with E-state index in [1.807, 2.05) is 30.3 Å². The van der Waals surface area contributed by atoms with Gasteiger partial charge < -0.3 is 9.84 Å². The summed E-state index contributed by atoms with van der Waals surface area (Å²) < 4.78 is 5.14. The number of ether oxygens (including phenoxy) is 1. The molecule has 7 heteroatoms. The molecule has 0 aliphatic heterocycles. The second kappa shape index (κ2) is 6.78. The van der Waals surface area contributed by atoms with E-state index in [0.29, 0.717) is 17.2 Å². The number of aromatic nitrogens is 1. The number of nitrogens with zero attached hydrogens (tertiary/aromatic N) is 1. The van der Waals surface area contributed by atoms with E-state index in [-0.39, 0.29) is 6.61 Å². The summed E-state index contributed by atoms with van der Waals surface area (Å²) in [6.07, 6.45) is 1.62. The number of anilines is 1. The van der Waals surface area contributed by atoms with E-state index in [1.165, 1.54) is 11.3 Å². The Bertz CT molecular complexity index is 714. The molecule has 1 unspecified atom stereocenters. The summed E-state index contributed by atoms with van der Waals surface area (Å²) in [4.78, 5) is 28.3. The second-order valence-corrected chi connectivity index (χ2v) is 6.38. The van der Waals surface area contributed by atoms with Crippen molar-refractivity contribution in [2.75, 3.05) is 5.32 Å². The first-order chi connectivity index (χ1) is 11.1. The van der Waals surface area contributed by atoms with Crippen LogP contribution in [-0.2, 0) is 22.6 Å². The molecule has 3 rings (SSSR count). The average Bonchev–Trinajstić information content (AvgIpc) is 2.95. The Morgan fingerprint density at radius 2 is 2.13 bits per heavy atom. The summed E-state index contributed by atoms with van der Waals surface area (Å²) in [5.41, 5.74) is 1.47. The molecule has 1 amide bonds. The number of aliphatic carboxylic acids is 1. The third kappa shape index (κ3) is 3.68. The molecule has 0 saturated carbocycles. The van der Waals surface area contributed by atoms with Gasteiger partial charge in [0, 0.05) is 4.88 Å². The molecule has 0 radical (unpaired) electrons. The number of rotatable bonds is 4. The number of hydrogen-bond donors (Lipinski definition) is 2. The Morgan fingerprint density at radius 3 is 2.87 bits per heavy atom. The third-order valence-corrected chi connectivity index (χ3v) is 4.72. The minimum atomic E-state index is -0.866. The van der Waals surface area contributed by atoms with Crippen molar-refractivity contribution in [2.45, 2.75) is 31.8 Å². The fourth-order valence-corrected chi connectivity index (χ4v) is 3.61. The Labute approximate surface area is 137 Å². The van der Waals surface area contributed by atoms with Gasteiger partial charge in [0.1, 0.15) is 12.5 Å². The molecule has 1 aromatic carbocycles. The molecule has 1 atom stereocenters. The molecule has 1 aliphatic carbocycles. The average molecular weight is 332 g/mol. The van der Waals surface area contributed by atoms with Crippen molar-refractivity contribution in [2.24, 2.45) is 0 Å². The lowest BCUT2D eigenvalue weighted by Gasteiger charge is -2.16. The van der Waals surface area contributed by atoms with Crippen LogP contribution in [0, 0.1) is 0 Å². The van der Waals surface area contributed by atoms with E-state index in [0.717, 1.165) is 23.3 Å². The Kier molecular flexibility index (Phi) is 4.57. The summed E-state index contributed by atoms with van der Waals surface area (Å²) >= 11 is 1.32. The highest BCUT2D eigenvalue weighted by atomic mass is 32.1. The lowest BCUT2D eigenvalue weighted by Crippen LogP contribution is -2.17. The van der Waals surface area contributed by atoms with Crippen LogP contribution >= 0.6 is 11.3 Å². The van der Waals surface area contributed by atoms with Gasteiger partial charge in [-0.3, -0.25) is 10.1 Å². The molecule has 0 spiro atoms. The topological polar surface area (TPSA) is 88.5 Å². The molecular formula is C16H16N2O4S. The summed E-state index contributed by atoms with van der Waals surface area (Å²) in [6.45, 7) is 0.176. The molecule has 2 aromatic rings. The smallest absolute Gasteiger partial charge is 0.413 e. The van der Waals surface area contributed by atoms with Crippen molar-refractivity contribution in [3.63, 3.8) is 0 Å². The van der Waals surface area contributed by atoms with Crippen LogP contribution in [-0.4, -0.2) is 22.2 Å². The third-order valence-electron chi connectivity index (χ3n) is 3.67. The predicted molar refractivity (Wildman–Crippen MR) is 85.7 cm³/mol. The number of amides is 1. The highest BCUT2D eigenvalue weighted by Gasteiger charge is 2.30. The minimum Gasteiger partial charge on any atom is -0.481 e. The van der Waals surface area contributed by atoms with Crippen molar-refractivity contribution < 1.29 is 19.4 Å². The van der Waals surface area contributed by atoms with Crippen LogP contribution in [0.4, 0.5) is 9.93 Å². The van der Waals surface area contributed by atoms with Crippen LogP contribution in [0.5, 0.6) is 0 Å². The van der Waals surface area contributed by atoms with E-state index in [2.05, 4.69) is 10.3 Å². The van der Waals surface area contributed by atoms with Gasteiger partial charge in [0.25, 0.3) is 0 Å². The van der Waals surface area contributed by atoms with E-state index in [1.54, 1.807) is 0 Å². The van der Waals surface area contributed by atoms with Gasteiger partial charge in [-0.25, -0.2) is 9.78 Å². The number of carbonyl (C=O) groups is 2. The predicted octanol–water partition coefficient (Wildman–Crippen LogP) is 3.40. The van der Waals surface area contributed by atoms with Crippen molar-refractivity contribution >= 4 is 28.5 Å². The Morgan fingerprint density at radius 1 is 1.35 bits per heavy atom. The summed E-state index contributed by atoms with van der Waals surface area (Å²) in [5.74, 6) is -1.44. The van der Waals surface area contributed by atoms with Gasteiger partial charge in [0.2, 0.25) is 0 Å². The molecule has 0 fully saturated rings. The molecule has 23 heavy (non-hydrogen) atoms. The normalized spacial score (nSPS) is 16.4. The number of carboxylic acid groups (broad SMARTS) is 1. The molecule has 120 valence electrons. The van der Waals surface area contributed by atoms with Crippen molar-refractivity contribution in [1.29, 1.82) is 0 Å². The van der Waals surface area contributed by atoms with Crippen LogP contribution in [0.3, 0.4) is 0 Å². The standard InChI is InChI=1S/C16H16N2O4S/c19-14(20)11-7-4-8-12-13(11)17-15(23-12)18-16(21)22-9-10-5-2-1-3-6-10/h1-3,5-6,11H,4,7-9H2,(H,19,20)(H,17,18,21). The zero-order valence-electron chi connectivity index (χ0n) is 12.3. The van der Waals surface area contributed by atoms with Crippen molar-refractivity contribution in [3.05, 3.63) is 46.5 Å². The van der Waals surface area contributed by atoms with Crippen LogP contribution in [0.15, 0.2) is 30.3 Å². The fourth-order valence-electron chi connectivity index (χ4n) is 2.56. The number of fused-ring (bicyclic) bond motifs is 1. The molecule has 0 saturated heterocycles. The van der Waals surface area contributed by atoms with Gasteiger partial charge in [-0.1, -0.05) is 30.3 Å². The number of aryl methyl sites for hydroxylation is 1. The van der Waals surface area contributed by atoms with Gasteiger partial charge in [-0.2, -0.15) is 0 Å². The van der Waals surface area contributed by atoms with E-state index in [9.17, 15) is 14.7 Å². The van der Waals surface area contributed by atoms with E-state index >= 15 is 0 Å². The first kappa shape index (κ1) is 15.5. The number of thiazole rings is 1. The van der Waals surface area contributed by atoms with E-state index in [4.69, 9.17) is 4.74 Å². The van der Waals surface area contributed by atoms with Crippen LogP contribution in [0.1, 0.15) is 34.9 Å². The quantitative estimate of drug-likeness (QED) is 0.896. The highest BCUT2D eigenvalue weighted by molar-refractivity contribution is 7.15. The SMILES string of the molecule is O=C(Nc1nc2c(s1)CCCC2C(=O)O)OCc1ccccc1. The highest BCUT2D eigenvalue weighted by Crippen LogP contribution is 2.36. The fraction of sp³-hybridized carbons (Fsp3) is 0.312.